The summed E-state index contributed by atoms with van der Waals surface area (Å²) in [5, 5.41) is 46.9. The zero-order valence-corrected chi connectivity index (χ0v) is 31.3. The number of nitrogen functional groups attached to an aromatic ring is 1. The number of β-lactam (4-membered cyclic amide) rings is 1. The molecule has 18 nitrogen and oxygen atoms in total. The number of anilines is 1. The standard InChI is InChI=1S/C34H38N8O10S2/c1-14-19(11-42(4)16-5-6-17(42)8-15(7-16)40-13-36-20-10-23(44)22(43)9-18(20)28(40)46)26(31(48)49)41-29(47)25(30(41)54-14)38-27(45)24(21-12-53-33(35)37-21)39-52-34(2,3)32(50)51/h9-10,12-17,25,30H,5-8,11H2,1-4H3,(H6-,35,37,38,39,43,44,45,46,48,49,50,51)/p+1/t14-,15?,16-,17+,25+,30+,42?/m0/s1. The van der Waals surface area contributed by atoms with Crippen molar-refractivity contribution in [1.29, 1.82) is 0 Å². The SMILES string of the molecule is C[C@@H]1S[C@@H]2[C@H](NC(=O)C(=NOC(C)(C)C(=O)O)c3csc(N)n3)C(=O)N2C(C(=O)O)=C1C[N+]1(C)[C@@H]2CC[C@H]1CC(n1cnc3cc(O)c(O)cc3c1=O)C2. The Hall–Kier alpha value is -5.21. The number of quaternary nitrogens is 1. The maximum atomic E-state index is 13.7. The summed E-state index contributed by atoms with van der Waals surface area (Å²) in [4.78, 5) is 80.1. The van der Waals surface area contributed by atoms with Gasteiger partial charge in [-0.25, -0.2) is 19.6 Å². The Balaban J connectivity index is 1.11. The number of carboxylic acid groups (broad SMARTS) is 2. The lowest BCUT2D eigenvalue weighted by Crippen LogP contribution is -2.72. The molecule has 0 radical (unpaired) electrons. The highest BCUT2D eigenvalue weighted by atomic mass is 32.2. The van der Waals surface area contributed by atoms with E-state index in [-0.39, 0.29) is 62.1 Å². The van der Waals surface area contributed by atoms with Gasteiger partial charge in [-0.15, -0.1) is 23.1 Å². The number of aromatic nitrogens is 3. The summed E-state index contributed by atoms with van der Waals surface area (Å²) in [7, 11) is 2.09. The molecule has 7 rings (SSSR count). The first-order valence-electron chi connectivity index (χ1n) is 17.2. The Bertz CT molecular complexity index is 2220. The van der Waals surface area contributed by atoms with Gasteiger partial charge >= 0.3 is 11.9 Å². The van der Waals surface area contributed by atoms with Gasteiger partial charge in [-0.05, 0) is 26.8 Å². The number of amides is 2. The van der Waals surface area contributed by atoms with Crippen LogP contribution in [-0.2, 0) is 24.0 Å². The minimum atomic E-state index is -1.79. The number of benzene rings is 1. The number of piperidine rings is 1. The first kappa shape index (κ1) is 37.1. The second-order valence-electron chi connectivity index (χ2n) is 14.8. The average Bonchev–Trinajstić information content (AvgIpc) is 3.56. The van der Waals surface area contributed by atoms with Crippen molar-refractivity contribution in [2.24, 2.45) is 5.16 Å². The van der Waals surface area contributed by atoms with Crippen molar-refractivity contribution in [3.63, 3.8) is 0 Å². The number of aromatic hydroxyl groups is 2. The Labute approximate surface area is 315 Å². The number of rotatable bonds is 10. The van der Waals surface area contributed by atoms with Gasteiger partial charge in [0.2, 0.25) is 5.60 Å². The molecule has 3 fully saturated rings. The summed E-state index contributed by atoms with van der Waals surface area (Å²) in [6.07, 6.45) is 4.45. The van der Waals surface area contributed by atoms with E-state index in [1.807, 2.05) is 6.92 Å². The summed E-state index contributed by atoms with van der Waals surface area (Å²) in [5.74, 6) is -4.87. The van der Waals surface area contributed by atoms with E-state index < -0.39 is 52.2 Å². The maximum Gasteiger partial charge on any atom is 0.352 e. The van der Waals surface area contributed by atoms with Crippen LogP contribution in [0.4, 0.5) is 5.13 Å². The fourth-order valence-corrected chi connectivity index (χ4v) is 10.0. The molecule has 54 heavy (non-hydrogen) atoms. The normalized spacial score (nSPS) is 28.1. The molecule has 4 aliphatic rings. The molecule has 0 aliphatic carbocycles. The fraction of sp³-hybridized carbons (Fsp3) is 0.471. The van der Waals surface area contributed by atoms with Crippen molar-refractivity contribution in [3.8, 4) is 11.5 Å². The number of nitrogens with one attached hydrogen (secondary N) is 1. The molecule has 1 aromatic carbocycles. The topological polar surface area (TPSA) is 260 Å². The third-order valence-corrected chi connectivity index (χ3v) is 13.3. The molecule has 2 unspecified atom stereocenters. The van der Waals surface area contributed by atoms with Gasteiger partial charge in [0.05, 0.1) is 36.4 Å². The summed E-state index contributed by atoms with van der Waals surface area (Å²) < 4.78 is 2.12. The van der Waals surface area contributed by atoms with Crippen LogP contribution in [0.3, 0.4) is 0 Å². The molecule has 286 valence electrons. The van der Waals surface area contributed by atoms with E-state index in [2.05, 4.69) is 27.5 Å². The van der Waals surface area contributed by atoms with Crippen molar-refractivity contribution >= 4 is 68.6 Å². The lowest BCUT2D eigenvalue weighted by Gasteiger charge is -2.53. The molecular weight excluding hydrogens is 745 g/mol. The van der Waals surface area contributed by atoms with E-state index in [4.69, 9.17) is 10.6 Å². The van der Waals surface area contributed by atoms with Crippen molar-refractivity contribution in [2.45, 2.75) is 86.8 Å². The monoisotopic (exact) mass is 783 g/mol. The summed E-state index contributed by atoms with van der Waals surface area (Å²) in [5.41, 5.74) is 4.01. The molecule has 0 spiro atoms. The number of carboxylic acids is 2. The Morgan fingerprint density at radius 1 is 1.13 bits per heavy atom. The number of fused-ring (bicyclic) bond motifs is 4. The number of phenolic OH excluding ortho intramolecular Hbond substituents is 2. The van der Waals surface area contributed by atoms with Crippen molar-refractivity contribution in [1.82, 2.24) is 24.8 Å². The number of likely N-dealkylation sites (N-methyl/N-ethyl adjacent to an activating group) is 1. The van der Waals surface area contributed by atoms with Crippen molar-refractivity contribution in [3.05, 3.63) is 51.2 Å². The smallest absolute Gasteiger partial charge is 0.352 e. The van der Waals surface area contributed by atoms with Crippen LogP contribution in [0.1, 0.15) is 58.2 Å². The molecule has 4 aliphatic heterocycles. The third kappa shape index (κ3) is 6.10. The lowest BCUT2D eigenvalue weighted by molar-refractivity contribution is -0.945. The highest BCUT2D eigenvalue weighted by Gasteiger charge is 2.59. The third-order valence-electron chi connectivity index (χ3n) is 11.1. The highest BCUT2D eigenvalue weighted by Crippen LogP contribution is 2.49. The molecule has 7 atom stereocenters. The second kappa shape index (κ2) is 13.3. The molecule has 2 bridgehead atoms. The van der Waals surface area contributed by atoms with Crippen molar-refractivity contribution < 1.29 is 48.9 Å². The predicted octanol–water partition coefficient (Wildman–Crippen LogP) is 1.57. The minimum absolute atomic E-state index is 0.00888. The summed E-state index contributed by atoms with van der Waals surface area (Å²) in [6.45, 7) is 4.73. The fourth-order valence-electron chi connectivity index (χ4n) is 8.05. The van der Waals surface area contributed by atoms with Crippen LogP contribution in [0.15, 0.2) is 45.1 Å². The molecule has 2 aromatic heterocycles. The second-order valence-corrected chi connectivity index (χ2v) is 17.1. The number of nitrogens with zero attached hydrogens (tertiary/aromatic N) is 6. The average molecular weight is 784 g/mol. The van der Waals surface area contributed by atoms with E-state index in [9.17, 15) is 44.4 Å². The predicted molar refractivity (Wildman–Crippen MR) is 196 cm³/mol. The van der Waals surface area contributed by atoms with Gasteiger partial charge in [0, 0.05) is 54.0 Å². The van der Waals surface area contributed by atoms with Gasteiger partial charge in [-0.3, -0.25) is 23.9 Å². The van der Waals surface area contributed by atoms with E-state index in [1.165, 1.54) is 54.3 Å². The number of thiazole rings is 1. The summed E-state index contributed by atoms with van der Waals surface area (Å²) in [6, 6.07) is 1.32. The van der Waals surface area contributed by atoms with Gasteiger partial charge in [0.25, 0.3) is 17.4 Å². The van der Waals surface area contributed by atoms with Gasteiger partial charge in [-0.2, -0.15) is 0 Å². The van der Waals surface area contributed by atoms with Crippen LogP contribution in [-0.4, -0.2) is 122 Å². The van der Waals surface area contributed by atoms with Crippen LogP contribution in [0.25, 0.3) is 10.9 Å². The maximum absolute atomic E-state index is 13.7. The van der Waals surface area contributed by atoms with E-state index in [0.717, 1.165) is 24.2 Å². The number of carbonyl (C=O) groups excluding carboxylic acids is 2. The van der Waals surface area contributed by atoms with Gasteiger partial charge in [-0.1, -0.05) is 5.16 Å². The zero-order valence-electron chi connectivity index (χ0n) is 29.6. The zero-order chi connectivity index (χ0) is 39.0. The largest absolute Gasteiger partial charge is 0.504 e. The van der Waals surface area contributed by atoms with Gasteiger partial charge in [0.15, 0.2) is 22.3 Å². The first-order chi connectivity index (χ1) is 25.4. The van der Waals surface area contributed by atoms with Gasteiger partial charge in [0.1, 0.15) is 29.4 Å². The lowest BCUT2D eigenvalue weighted by atomic mass is 9.92. The number of carbonyl (C=O) groups is 4. The molecule has 0 saturated carbocycles. The van der Waals surface area contributed by atoms with E-state index in [0.29, 0.717) is 29.4 Å². The van der Waals surface area contributed by atoms with Crippen LogP contribution in [0.2, 0.25) is 0 Å². The van der Waals surface area contributed by atoms with Crippen molar-refractivity contribution in [2.75, 3.05) is 19.3 Å². The van der Waals surface area contributed by atoms with Crippen LogP contribution < -0.4 is 16.6 Å². The molecular formula is C34H39N8O10S2+. The highest BCUT2D eigenvalue weighted by molar-refractivity contribution is 8.00. The number of hydrogen-bond acceptors (Lipinski definition) is 14. The minimum Gasteiger partial charge on any atom is -0.504 e. The summed E-state index contributed by atoms with van der Waals surface area (Å²) >= 11 is 2.37. The van der Waals surface area contributed by atoms with Crippen LogP contribution in [0, 0.1) is 0 Å². The number of oxime groups is 1. The Morgan fingerprint density at radius 3 is 2.41 bits per heavy atom. The van der Waals surface area contributed by atoms with Crippen LogP contribution >= 0.6 is 23.1 Å². The molecule has 6 heterocycles. The van der Waals surface area contributed by atoms with Crippen LogP contribution in [0.5, 0.6) is 11.5 Å². The molecule has 2 amide bonds. The quantitative estimate of drug-likeness (QED) is 0.0561. The number of thioether (sulfide) groups is 1. The number of nitrogens with two attached hydrogens (primary N) is 1. The first-order valence-corrected chi connectivity index (χ1v) is 19.0. The molecule has 3 saturated heterocycles. The van der Waals surface area contributed by atoms with E-state index >= 15 is 0 Å². The number of aliphatic carboxylic acids is 2. The number of hydrogen-bond donors (Lipinski definition) is 6. The molecule has 3 aromatic rings. The van der Waals surface area contributed by atoms with E-state index in [1.54, 1.807) is 4.57 Å². The Kier molecular flexibility index (Phi) is 9.12. The Morgan fingerprint density at radius 2 is 1.80 bits per heavy atom. The molecule has 7 N–H and O–H groups in total. The van der Waals surface area contributed by atoms with Gasteiger partial charge < -0.3 is 40.8 Å². The molecule has 20 heteroatoms. The number of phenols is 2.